The minimum atomic E-state index is -0.891. The second kappa shape index (κ2) is 7.34. The largest absolute Gasteiger partial charge is 0.486 e. The zero-order valence-electron chi connectivity index (χ0n) is 13.6. The van der Waals surface area contributed by atoms with Crippen LogP contribution in [0, 0.1) is 0 Å². The van der Waals surface area contributed by atoms with E-state index in [1.807, 2.05) is 23.1 Å². The predicted molar refractivity (Wildman–Crippen MR) is 90.7 cm³/mol. The van der Waals surface area contributed by atoms with E-state index in [0.717, 1.165) is 41.7 Å². The average Bonchev–Trinajstić information content (AvgIpc) is 3.08. The first kappa shape index (κ1) is 17.0. The molecule has 0 aromatic heterocycles. The minimum absolute atomic E-state index is 0.00881. The van der Waals surface area contributed by atoms with E-state index in [-0.39, 0.29) is 17.7 Å². The van der Waals surface area contributed by atoms with Crippen molar-refractivity contribution < 1.29 is 24.2 Å². The SMILES string of the molecule is C[C@H](SCC(=O)N1CCC[C@H]1c1ccc2c(c1)OCCO2)C(=O)O. The van der Waals surface area contributed by atoms with Crippen molar-refractivity contribution >= 4 is 23.6 Å². The number of likely N-dealkylation sites (tertiary alicyclic amines) is 1. The summed E-state index contributed by atoms with van der Waals surface area (Å²) < 4.78 is 11.2. The van der Waals surface area contributed by atoms with Gasteiger partial charge in [0.2, 0.25) is 5.91 Å². The molecule has 0 bridgehead atoms. The Morgan fingerprint density at radius 3 is 2.83 bits per heavy atom. The summed E-state index contributed by atoms with van der Waals surface area (Å²) in [7, 11) is 0. The van der Waals surface area contributed by atoms with E-state index in [0.29, 0.717) is 19.8 Å². The summed E-state index contributed by atoms with van der Waals surface area (Å²) in [6.07, 6.45) is 1.86. The molecule has 2 aliphatic rings. The molecule has 2 aliphatic heterocycles. The van der Waals surface area contributed by atoms with Crippen LogP contribution < -0.4 is 9.47 Å². The summed E-state index contributed by atoms with van der Waals surface area (Å²) >= 11 is 1.16. The highest BCUT2D eigenvalue weighted by molar-refractivity contribution is 8.01. The molecule has 130 valence electrons. The number of thioether (sulfide) groups is 1. The van der Waals surface area contributed by atoms with Crippen molar-refractivity contribution in [1.29, 1.82) is 0 Å². The van der Waals surface area contributed by atoms with Gasteiger partial charge in [-0.15, -0.1) is 11.8 Å². The molecular weight excluding hydrogens is 330 g/mol. The van der Waals surface area contributed by atoms with Crippen LogP contribution in [0.1, 0.15) is 31.4 Å². The number of benzene rings is 1. The van der Waals surface area contributed by atoms with Crippen molar-refractivity contribution in [1.82, 2.24) is 4.90 Å². The third-order valence-corrected chi connectivity index (χ3v) is 5.44. The van der Waals surface area contributed by atoms with Gasteiger partial charge in [-0.05, 0) is 37.5 Å². The fourth-order valence-electron chi connectivity index (χ4n) is 3.03. The number of hydrogen-bond acceptors (Lipinski definition) is 5. The van der Waals surface area contributed by atoms with Gasteiger partial charge in [-0.3, -0.25) is 9.59 Å². The lowest BCUT2D eigenvalue weighted by atomic mass is 10.0. The number of carboxylic acids is 1. The molecule has 0 unspecified atom stereocenters. The Kier molecular flexibility index (Phi) is 5.18. The first-order valence-corrected chi connectivity index (χ1v) is 9.14. The Morgan fingerprint density at radius 1 is 1.33 bits per heavy atom. The van der Waals surface area contributed by atoms with E-state index in [2.05, 4.69) is 0 Å². The van der Waals surface area contributed by atoms with Crippen molar-refractivity contribution in [3.05, 3.63) is 23.8 Å². The number of ether oxygens (including phenoxy) is 2. The summed E-state index contributed by atoms with van der Waals surface area (Å²) in [5, 5.41) is 8.35. The molecule has 0 aliphatic carbocycles. The molecule has 1 amide bonds. The predicted octanol–water partition coefficient (Wildman–Crippen LogP) is 2.33. The second-order valence-corrected chi connectivity index (χ2v) is 7.27. The summed E-state index contributed by atoms with van der Waals surface area (Å²) in [5.74, 6) is 0.760. The van der Waals surface area contributed by atoms with Crippen molar-refractivity contribution in [2.75, 3.05) is 25.5 Å². The molecule has 1 aromatic rings. The van der Waals surface area contributed by atoms with Crippen LogP contribution >= 0.6 is 11.8 Å². The lowest BCUT2D eigenvalue weighted by molar-refractivity contribution is -0.136. The first-order chi connectivity index (χ1) is 11.6. The highest BCUT2D eigenvalue weighted by Crippen LogP contribution is 2.38. The van der Waals surface area contributed by atoms with E-state index in [9.17, 15) is 9.59 Å². The summed E-state index contributed by atoms with van der Waals surface area (Å²) in [5.41, 5.74) is 1.04. The molecule has 0 saturated carbocycles. The number of carboxylic acid groups (broad SMARTS) is 1. The second-order valence-electron chi connectivity index (χ2n) is 5.94. The molecule has 3 rings (SSSR count). The smallest absolute Gasteiger partial charge is 0.316 e. The van der Waals surface area contributed by atoms with E-state index < -0.39 is 11.2 Å². The van der Waals surface area contributed by atoms with Crippen molar-refractivity contribution in [3.63, 3.8) is 0 Å². The maximum atomic E-state index is 12.5. The van der Waals surface area contributed by atoms with Gasteiger partial charge in [-0.25, -0.2) is 0 Å². The van der Waals surface area contributed by atoms with Crippen LogP contribution in [0.4, 0.5) is 0 Å². The lowest BCUT2D eigenvalue weighted by Gasteiger charge is -2.27. The molecule has 0 spiro atoms. The fourth-order valence-corrected chi connectivity index (χ4v) is 3.73. The van der Waals surface area contributed by atoms with E-state index >= 15 is 0 Å². The van der Waals surface area contributed by atoms with Crippen LogP contribution in [0.15, 0.2) is 18.2 Å². The van der Waals surface area contributed by atoms with Gasteiger partial charge in [-0.2, -0.15) is 0 Å². The van der Waals surface area contributed by atoms with Crippen LogP contribution in [0.25, 0.3) is 0 Å². The topological polar surface area (TPSA) is 76.1 Å². The van der Waals surface area contributed by atoms with Crippen molar-refractivity contribution in [2.24, 2.45) is 0 Å². The average molecular weight is 351 g/mol. The van der Waals surface area contributed by atoms with Gasteiger partial charge in [0.25, 0.3) is 0 Å². The number of rotatable bonds is 5. The van der Waals surface area contributed by atoms with Gasteiger partial charge < -0.3 is 19.5 Å². The Labute approximate surface area is 145 Å². The van der Waals surface area contributed by atoms with E-state index in [1.165, 1.54) is 0 Å². The third-order valence-electron chi connectivity index (χ3n) is 4.33. The molecule has 1 N–H and O–H groups in total. The fraction of sp³-hybridized carbons (Fsp3) is 0.529. The number of hydrogen-bond donors (Lipinski definition) is 1. The molecule has 7 heteroatoms. The quantitative estimate of drug-likeness (QED) is 0.877. The van der Waals surface area contributed by atoms with Gasteiger partial charge >= 0.3 is 5.97 Å². The maximum absolute atomic E-state index is 12.5. The standard InChI is InChI=1S/C17H21NO5S/c1-11(17(20)21)24-10-16(19)18-6-2-3-13(18)12-4-5-14-15(9-12)23-8-7-22-14/h4-5,9,11,13H,2-3,6-8,10H2,1H3,(H,20,21)/t11-,13-/m0/s1. The lowest BCUT2D eigenvalue weighted by Crippen LogP contribution is -2.32. The highest BCUT2D eigenvalue weighted by Gasteiger charge is 2.31. The Hall–Kier alpha value is -1.89. The molecule has 1 fully saturated rings. The summed E-state index contributed by atoms with van der Waals surface area (Å²) in [6, 6.07) is 5.86. The van der Waals surface area contributed by atoms with Crippen LogP contribution in [0.2, 0.25) is 0 Å². The van der Waals surface area contributed by atoms with Crippen LogP contribution in [0.3, 0.4) is 0 Å². The normalized spacial score (nSPS) is 20.7. The highest BCUT2D eigenvalue weighted by atomic mass is 32.2. The molecule has 0 radical (unpaired) electrons. The van der Waals surface area contributed by atoms with Gasteiger partial charge in [0.05, 0.1) is 17.0 Å². The van der Waals surface area contributed by atoms with Crippen molar-refractivity contribution in [2.45, 2.75) is 31.1 Å². The first-order valence-electron chi connectivity index (χ1n) is 8.09. The third kappa shape index (κ3) is 3.61. The zero-order chi connectivity index (χ0) is 17.1. The number of amides is 1. The zero-order valence-corrected chi connectivity index (χ0v) is 14.4. The number of carbonyl (C=O) groups is 2. The van der Waals surface area contributed by atoms with Gasteiger partial charge in [0.15, 0.2) is 11.5 Å². The van der Waals surface area contributed by atoms with Gasteiger partial charge in [0.1, 0.15) is 13.2 Å². The number of nitrogens with zero attached hydrogens (tertiary/aromatic N) is 1. The Bertz CT molecular complexity index is 635. The van der Waals surface area contributed by atoms with E-state index in [1.54, 1.807) is 6.92 Å². The summed E-state index contributed by atoms with van der Waals surface area (Å²) in [4.78, 5) is 25.2. The summed E-state index contributed by atoms with van der Waals surface area (Å²) in [6.45, 7) is 3.40. The molecule has 2 heterocycles. The number of carbonyl (C=O) groups excluding carboxylic acids is 1. The van der Waals surface area contributed by atoms with Crippen LogP contribution in [0.5, 0.6) is 11.5 Å². The Balaban J connectivity index is 1.69. The molecular formula is C17H21NO5S. The maximum Gasteiger partial charge on any atom is 0.316 e. The monoisotopic (exact) mass is 351 g/mol. The Morgan fingerprint density at radius 2 is 2.08 bits per heavy atom. The van der Waals surface area contributed by atoms with Crippen LogP contribution in [-0.4, -0.2) is 52.6 Å². The number of aliphatic carboxylic acids is 1. The van der Waals surface area contributed by atoms with E-state index in [4.69, 9.17) is 14.6 Å². The van der Waals surface area contributed by atoms with Gasteiger partial charge in [0, 0.05) is 6.54 Å². The molecule has 1 aromatic carbocycles. The van der Waals surface area contributed by atoms with Crippen molar-refractivity contribution in [3.8, 4) is 11.5 Å². The molecule has 1 saturated heterocycles. The number of fused-ring (bicyclic) bond motifs is 1. The molecule has 6 nitrogen and oxygen atoms in total. The molecule has 24 heavy (non-hydrogen) atoms. The molecule has 2 atom stereocenters. The van der Waals surface area contributed by atoms with Crippen LogP contribution in [-0.2, 0) is 9.59 Å². The van der Waals surface area contributed by atoms with Gasteiger partial charge in [-0.1, -0.05) is 6.07 Å². The minimum Gasteiger partial charge on any atom is -0.486 e.